The standard InChI is InChI=1S/C8H4ClN3.C7H4Cl2N2/c9-7-3-6(1-2-10)5-12-8(7)4-11;8-2-5-1-6(9)7(3-10)11-4-5/h3,5H,1H2;1,4H,2H2. The van der Waals surface area contributed by atoms with Crippen LogP contribution in [-0.4, -0.2) is 9.97 Å². The fraction of sp³-hybridized carbons (Fsp3) is 0.133. The van der Waals surface area contributed by atoms with Gasteiger partial charge in [0.1, 0.15) is 12.1 Å². The molecule has 0 aliphatic heterocycles. The SMILES string of the molecule is N#CCc1cnc(C#N)c(Cl)c1.N#Cc1ncc(CCl)cc1Cl. The zero-order chi connectivity index (χ0) is 17.2. The lowest BCUT2D eigenvalue weighted by atomic mass is 10.2. The number of alkyl halides is 1. The van der Waals surface area contributed by atoms with Crippen molar-refractivity contribution in [2.75, 3.05) is 0 Å². The van der Waals surface area contributed by atoms with E-state index >= 15 is 0 Å². The van der Waals surface area contributed by atoms with Gasteiger partial charge >= 0.3 is 0 Å². The summed E-state index contributed by atoms with van der Waals surface area (Å²) in [5.74, 6) is 0.360. The highest BCUT2D eigenvalue weighted by Gasteiger charge is 2.01. The van der Waals surface area contributed by atoms with Crippen LogP contribution in [0.25, 0.3) is 0 Å². The summed E-state index contributed by atoms with van der Waals surface area (Å²) in [6.45, 7) is 0. The molecular formula is C15H8Cl3N5. The maximum atomic E-state index is 8.48. The van der Waals surface area contributed by atoms with Gasteiger partial charge in [-0.1, -0.05) is 23.2 Å². The van der Waals surface area contributed by atoms with E-state index in [0.29, 0.717) is 15.9 Å². The molecule has 0 bridgehead atoms. The Kier molecular flexibility index (Phi) is 7.81. The van der Waals surface area contributed by atoms with Crippen molar-refractivity contribution in [1.29, 1.82) is 15.8 Å². The molecule has 2 aromatic heterocycles. The minimum absolute atomic E-state index is 0.193. The molecule has 0 aliphatic carbocycles. The van der Waals surface area contributed by atoms with E-state index in [-0.39, 0.29) is 17.8 Å². The first-order valence-corrected chi connectivity index (χ1v) is 7.36. The summed E-state index contributed by atoms with van der Waals surface area (Å²) in [4.78, 5) is 7.56. The van der Waals surface area contributed by atoms with Crippen LogP contribution in [-0.2, 0) is 12.3 Å². The topological polar surface area (TPSA) is 97.1 Å². The Bertz CT molecular complexity index is 815. The van der Waals surface area contributed by atoms with Gasteiger partial charge in [0.2, 0.25) is 0 Å². The molecule has 2 aromatic rings. The van der Waals surface area contributed by atoms with Crippen LogP contribution in [0.4, 0.5) is 0 Å². The van der Waals surface area contributed by atoms with Gasteiger partial charge in [0.25, 0.3) is 0 Å². The first-order chi connectivity index (χ1) is 11.0. The molecule has 8 heteroatoms. The fourth-order valence-electron chi connectivity index (χ4n) is 1.38. The van der Waals surface area contributed by atoms with Gasteiger partial charge in [-0.15, -0.1) is 11.6 Å². The van der Waals surface area contributed by atoms with Crippen molar-refractivity contribution in [3.8, 4) is 18.2 Å². The van der Waals surface area contributed by atoms with E-state index < -0.39 is 0 Å². The zero-order valence-corrected chi connectivity index (χ0v) is 13.9. The highest BCUT2D eigenvalue weighted by Crippen LogP contribution is 2.15. The second-order valence-corrected chi connectivity index (χ2v) is 5.12. The molecule has 0 spiro atoms. The Morgan fingerprint density at radius 1 is 0.870 bits per heavy atom. The van der Waals surface area contributed by atoms with Gasteiger partial charge in [-0.25, -0.2) is 9.97 Å². The van der Waals surface area contributed by atoms with Crippen molar-refractivity contribution in [3.63, 3.8) is 0 Å². The molecule has 0 aromatic carbocycles. The van der Waals surface area contributed by atoms with E-state index in [1.165, 1.54) is 12.4 Å². The van der Waals surface area contributed by atoms with E-state index in [2.05, 4.69) is 9.97 Å². The lowest BCUT2D eigenvalue weighted by Gasteiger charge is -1.95. The van der Waals surface area contributed by atoms with Gasteiger partial charge in [0, 0.05) is 18.3 Å². The zero-order valence-electron chi connectivity index (χ0n) is 11.6. The summed E-state index contributed by atoms with van der Waals surface area (Å²) in [5, 5.41) is 25.9. The van der Waals surface area contributed by atoms with Crippen molar-refractivity contribution < 1.29 is 0 Å². The lowest BCUT2D eigenvalue weighted by molar-refractivity contribution is 1.17. The number of aromatic nitrogens is 2. The summed E-state index contributed by atoms with van der Waals surface area (Å²) in [7, 11) is 0. The van der Waals surface area contributed by atoms with Crippen molar-refractivity contribution in [2.24, 2.45) is 0 Å². The van der Waals surface area contributed by atoms with Crippen molar-refractivity contribution in [1.82, 2.24) is 9.97 Å². The van der Waals surface area contributed by atoms with Gasteiger partial charge in [-0.05, 0) is 23.3 Å². The summed E-state index contributed by atoms with van der Waals surface area (Å²) >= 11 is 16.8. The van der Waals surface area contributed by atoms with E-state index in [1.807, 2.05) is 18.2 Å². The molecule has 0 saturated carbocycles. The van der Waals surface area contributed by atoms with Crippen molar-refractivity contribution in [2.45, 2.75) is 12.3 Å². The molecule has 0 radical (unpaired) electrons. The van der Waals surface area contributed by atoms with Crippen LogP contribution in [0, 0.1) is 34.0 Å². The molecule has 5 nitrogen and oxygen atoms in total. The highest BCUT2D eigenvalue weighted by molar-refractivity contribution is 6.32. The van der Waals surface area contributed by atoms with Crippen LogP contribution in [0.1, 0.15) is 22.5 Å². The first kappa shape index (κ1) is 18.7. The fourth-order valence-corrected chi connectivity index (χ4v) is 1.99. The maximum Gasteiger partial charge on any atom is 0.159 e. The number of halogens is 3. The number of nitrogens with zero attached hydrogens (tertiary/aromatic N) is 5. The second-order valence-electron chi connectivity index (χ2n) is 4.04. The maximum absolute atomic E-state index is 8.48. The van der Waals surface area contributed by atoms with Gasteiger partial charge in [0.15, 0.2) is 11.4 Å². The smallest absolute Gasteiger partial charge is 0.159 e. The third kappa shape index (κ3) is 5.74. The largest absolute Gasteiger partial charge is 0.244 e. The molecule has 114 valence electrons. The lowest BCUT2D eigenvalue weighted by Crippen LogP contribution is -1.88. The third-order valence-corrected chi connectivity index (χ3v) is 3.33. The Labute approximate surface area is 148 Å². The van der Waals surface area contributed by atoms with E-state index in [1.54, 1.807) is 12.1 Å². The molecule has 0 amide bonds. The summed E-state index contributed by atoms with van der Waals surface area (Å²) in [5.41, 5.74) is 1.97. The Morgan fingerprint density at radius 2 is 1.35 bits per heavy atom. The molecule has 0 unspecified atom stereocenters. The van der Waals surface area contributed by atoms with Gasteiger partial charge in [0.05, 0.1) is 22.5 Å². The van der Waals surface area contributed by atoms with E-state index in [4.69, 9.17) is 50.6 Å². The molecule has 23 heavy (non-hydrogen) atoms. The molecule has 2 heterocycles. The second kappa shape index (κ2) is 9.62. The van der Waals surface area contributed by atoms with Gasteiger partial charge in [-0.2, -0.15) is 15.8 Å². The monoisotopic (exact) mass is 363 g/mol. The Hall–Kier alpha value is -2.36. The first-order valence-electron chi connectivity index (χ1n) is 6.07. The Balaban J connectivity index is 0.000000231. The number of rotatable bonds is 2. The Morgan fingerprint density at radius 3 is 1.74 bits per heavy atom. The molecule has 0 atom stereocenters. The van der Waals surface area contributed by atoms with Crippen LogP contribution < -0.4 is 0 Å². The number of nitriles is 3. The molecule has 0 fully saturated rings. The highest BCUT2D eigenvalue weighted by atomic mass is 35.5. The van der Waals surface area contributed by atoms with Crippen LogP contribution in [0.3, 0.4) is 0 Å². The normalized spacial score (nSPS) is 8.87. The number of pyridine rings is 2. The van der Waals surface area contributed by atoms with E-state index in [0.717, 1.165) is 11.1 Å². The van der Waals surface area contributed by atoms with Crippen molar-refractivity contribution >= 4 is 34.8 Å². The number of hydrogen-bond donors (Lipinski definition) is 0. The summed E-state index contributed by atoms with van der Waals surface area (Å²) in [6, 6.07) is 8.88. The average Bonchev–Trinajstić information content (AvgIpc) is 2.56. The molecule has 2 rings (SSSR count). The predicted octanol–water partition coefficient (Wildman–Crippen LogP) is 4.02. The van der Waals surface area contributed by atoms with Crippen molar-refractivity contribution in [3.05, 3.63) is 57.1 Å². The van der Waals surface area contributed by atoms with Crippen LogP contribution in [0.2, 0.25) is 10.0 Å². The number of hydrogen-bond acceptors (Lipinski definition) is 5. The van der Waals surface area contributed by atoms with Crippen LogP contribution >= 0.6 is 34.8 Å². The molecule has 0 aliphatic rings. The minimum Gasteiger partial charge on any atom is -0.244 e. The predicted molar refractivity (Wildman–Crippen MR) is 86.8 cm³/mol. The van der Waals surface area contributed by atoms with Gasteiger partial charge < -0.3 is 0 Å². The third-order valence-electron chi connectivity index (χ3n) is 2.44. The van der Waals surface area contributed by atoms with Crippen LogP contribution in [0.15, 0.2) is 24.5 Å². The van der Waals surface area contributed by atoms with Gasteiger partial charge in [-0.3, -0.25) is 0 Å². The molecule has 0 N–H and O–H groups in total. The summed E-state index contributed by atoms with van der Waals surface area (Å²) < 4.78 is 0. The molecular weight excluding hydrogens is 357 g/mol. The van der Waals surface area contributed by atoms with Crippen LogP contribution in [0.5, 0.6) is 0 Å². The average molecular weight is 365 g/mol. The quantitative estimate of drug-likeness (QED) is 0.750. The summed E-state index contributed by atoms with van der Waals surface area (Å²) in [6.07, 6.45) is 3.28. The minimum atomic E-state index is 0.193. The molecule has 0 saturated heterocycles. The van der Waals surface area contributed by atoms with E-state index in [9.17, 15) is 0 Å².